The van der Waals surface area contributed by atoms with Crippen molar-refractivity contribution >= 4 is 23.5 Å². The van der Waals surface area contributed by atoms with Crippen molar-refractivity contribution in [1.82, 2.24) is 0 Å². The van der Waals surface area contributed by atoms with Gasteiger partial charge in [0.1, 0.15) is 5.75 Å². The molecule has 1 nitrogen and oxygen atoms in total. The number of rotatable bonds is 2. The summed E-state index contributed by atoms with van der Waals surface area (Å²) >= 11 is 4.04. The lowest BCUT2D eigenvalue weighted by atomic mass is 10.2. The van der Waals surface area contributed by atoms with Gasteiger partial charge in [0.25, 0.3) is 0 Å². The highest BCUT2D eigenvalue weighted by atomic mass is 32.2. The van der Waals surface area contributed by atoms with Gasteiger partial charge in [0, 0.05) is 11.5 Å². The van der Waals surface area contributed by atoms with Crippen molar-refractivity contribution in [2.75, 3.05) is 18.6 Å². The van der Waals surface area contributed by atoms with E-state index in [1.54, 1.807) is 7.11 Å². The number of hydrogen-bond donors (Lipinski definition) is 0. The first-order valence-electron chi connectivity index (χ1n) is 4.27. The van der Waals surface area contributed by atoms with Crippen LogP contribution in [-0.4, -0.2) is 18.6 Å². The summed E-state index contributed by atoms with van der Waals surface area (Å²) in [5, 5.41) is 0. The number of benzene rings is 1. The Bertz CT molecular complexity index is 282. The van der Waals surface area contributed by atoms with Crippen LogP contribution in [0, 0.1) is 0 Å². The van der Waals surface area contributed by atoms with Gasteiger partial charge in [0.15, 0.2) is 0 Å². The second-order valence-electron chi connectivity index (χ2n) is 2.85. The molecule has 70 valence electrons. The summed E-state index contributed by atoms with van der Waals surface area (Å²) < 4.78 is 5.82. The molecule has 0 amide bonds. The van der Waals surface area contributed by atoms with Crippen LogP contribution in [0.25, 0.3) is 0 Å². The fourth-order valence-corrected chi connectivity index (χ4v) is 4.18. The Labute approximate surface area is 87.2 Å². The molecule has 0 radical (unpaired) electrons. The summed E-state index contributed by atoms with van der Waals surface area (Å²) in [6, 6.07) is 8.37. The molecular weight excluding hydrogens is 200 g/mol. The third kappa shape index (κ3) is 2.15. The van der Waals surface area contributed by atoms with Crippen LogP contribution in [0.3, 0.4) is 0 Å². The molecule has 0 aliphatic carbocycles. The Kier molecular flexibility index (Phi) is 3.06. The van der Waals surface area contributed by atoms with Crippen molar-refractivity contribution < 1.29 is 4.74 Å². The van der Waals surface area contributed by atoms with E-state index in [4.69, 9.17) is 4.74 Å². The molecule has 0 aromatic heterocycles. The standard InChI is InChI=1S/C10H12OS2/c1-11-9-4-2-3-8(7-9)10-12-5-6-13-10/h2-4,7,10H,5-6H2,1H3. The molecule has 1 fully saturated rings. The molecule has 0 bridgehead atoms. The van der Waals surface area contributed by atoms with Gasteiger partial charge in [-0.15, -0.1) is 23.5 Å². The smallest absolute Gasteiger partial charge is 0.119 e. The Morgan fingerprint density at radius 1 is 1.31 bits per heavy atom. The lowest BCUT2D eigenvalue weighted by molar-refractivity contribution is 0.414. The normalized spacial score (nSPS) is 17.6. The molecule has 3 heteroatoms. The molecule has 1 heterocycles. The molecule has 13 heavy (non-hydrogen) atoms. The summed E-state index contributed by atoms with van der Waals surface area (Å²) in [5.41, 5.74) is 1.38. The van der Waals surface area contributed by atoms with Crippen molar-refractivity contribution in [2.45, 2.75) is 4.58 Å². The minimum Gasteiger partial charge on any atom is -0.497 e. The van der Waals surface area contributed by atoms with E-state index < -0.39 is 0 Å². The van der Waals surface area contributed by atoms with Crippen LogP contribution in [0.15, 0.2) is 24.3 Å². The minimum absolute atomic E-state index is 0.620. The SMILES string of the molecule is COc1cccc(C2SCCS2)c1. The van der Waals surface area contributed by atoms with Crippen molar-refractivity contribution in [1.29, 1.82) is 0 Å². The molecule has 0 atom stereocenters. The van der Waals surface area contributed by atoms with Gasteiger partial charge in [-0.05, 0) is 17.7 Å². The molecule has 0 spiro atoms. The predicted molar refractivity (Wildman–Crippen MR) is 60.7 cm³/mol. The van der Waals surface area contributed by atoms with E-state index >= 15 is 0 Å². The maximum absolute atomic E-state index is 5.20. The van der Waals surface area contributed by atoms with Gasteiger partial charge < -0.3 is 4.74 Å². The molecule has 1 aromatic rings. The highest BCUT2D eigenvalue weighted by Crippen LogP contribution is 2.45. The zero-order valence-corrected chi connectivity index (χ0v) is 9.16. The first-order valence-corrected chi connectivity index (χ1v) is 6.37. The lowest BCUT2D eigenvalue weighted by Gasteiger charge is -2.09. The zero-order chi connectivity index (χ0) is 9.10. The van der Waals surface area contributed by atoms with Crippen molar-refractivity contribution in [3.8, 4) is 5.75 Å². The molecule has 1 aliphatic rings. The average Bonchev–Trinajstić information content (AvgIpc) is 2.71. The molecule has 1 saturated heterocycles. The molecule has 0 N–H and O–H groups in total. The van der Waals surface area contributed by atoms with Crippen LogP contribution in [0.5, 0.6) is 5.75 Å². The highest BCUT2D eigenvalue weighted by molar-refractivity contribution is 8.19. The first kappa shape index (κ1) is 9.28. The van der Waals surface area contributed by atoms with E-state index in [-0.39, 0.29) is 0 Å². The molecular formula is C10H12OS2. The Morgan fingerprint density at radius 2 is 2.08 bits per heavy atom. The maximum Gasteiger partial charge on any atom is 0.119 e. The summed E-state index contributed by atoms with van der Waals surface area (Å²) in [5.74, 6) is 3.50. The quantitative estimate of drug-likeness (QED) is 0.745. The highest BCUT2D eigenvalue weighted by Gasteiger charge is 2.18. The number of ether oxygens (including phenoxy) is 1. The number of hydrogen-bond acceptors (Lipinski definition) is 3. The van der Waals surface area contributed by atoms with E-state index in [1.165, 1.54) is 17.1 Å². The Hall–Kier alpha value is -0.280. The summed E-state index contributed by atoms with van der Waals surface area (Å²) in [7, 11) is 1.72. The third-order valence-corrected chi connectivity index (χ3v) is 5.09. The van der Waals surface area contributed by atoms with E-state index in [1.807, 2.05) is 29.6 Å². The van der Waals surface area contributed by atoms with E-state index in [0.29, 0.717) is 4.58 Å². The Balaban J connectivity index is 2.18. The van der Waals surface area contributed by atoms with Gasteiger partial charge in [0.05, 0.1) is 11.7 Å². The van der Waals surface area contributed by atoms with Gasteiger partial charge in [0.2, 0.25) is 0 Å². The summed E-state index contributed by atoms with van der Waals surface area (Å²) in [6.45, 7) is 0. The molecule has 0 saturated carbocycles. The second-order valence-corrected chi connectivity index (χ2v) is 5.57. The van der Waals surface area contributed by atoms with E-state index in [2.05, 4.69) is 18.2 Å². The molecule has 1 aromatic carbocycles. The largest absolute Gasteiger partial charge is 0.497 e. The topological polar surface area (TPSA) is 9.23 Å². The molecule has 1 aliphatic heterocycles. The number of methoxy groups -OCH3 is 1. The van der Waals surface area contributed by atoms with Gasteiger partial charge in [-0.2, -0.15) is 0 Å². The van der Waals surface area contributed by atoms with E-state index in [9.17, 15) is 0 Å². The molecule has 0 unspecified atom stereocenters. The third-order valence-electron chi connectivity index (χ3n) is 1.99. The lowest BCUT2D eigenvalue weighted by Crippen LogP contribution is -1.87. The van der Waals surface area contributed by atoms with Crippen LogP contribution >= 0.6 is 23.5 Å². The second kappa shape index (κ2) is 4.29. The van der Waals surface area contributed by atoms with E-state index in [0.717, 1.165) is 5.75 Å². The average molecular weight is 212 g/mol. The Morgan fingerprint density at radius 3 is 2.77 bits per heavy atom. The van der Waals surface area contributed by atoms with Crippen LogP contribution in [-0.2, 0) is 0 Å². The van der Waals surface area contributed by atoms with Crippen LogP contribution in [0.2, 0.25) is 0 Å². The van der Waals surface area contributed by atoms with Crippen LogP contribution < -0.4 is 4.74 Å². The first-order chi connectivity index (χ1) is 6.40. The zero-order valence-electron chi connectivity index (χ0n) is 7.53. The monoisotopic (exact) mass is 212 g/mol. The van der Waals surface area contributed by atoms with Crippen molar-refractivity contribution in [2.24, 2.45) is 0 Å². The van der Waals surface area contributed by atoms with Crippen molar-refractivity contribution in [3.05, 3.63) is 29.8 Å². The summed E-state index contributed by atoms with van der Waals surface area (Å²) in [6.07, 6.45) is 0. The minimum atomic E-state index is 0.620. The summed E-state index contributed by atoms with van der Waals surface area (Å²) in [4.78, 5) is 0. The number of thioether (sulfide) groups is 2. The fraction of sp³-hybridized carbons (Fsp3) is 0.400. The van der Waals surface area contributed by atoms with Gasteiger partial charge in [-0.3, -0.25) is 0 Å². The molecule has 2 rings (SSSR count). The van der Waals surface area contributed by atoms with Gasteiger partial charge >= 0.3 is 0 Å². The predicted octanol–water partition coefficient (Wildman–Crippen LogP) is 3.17. The van der Waals surface area contributed by atoms with Gasteiger partial charge in [-0.1, -0.05) is 12.1 Å². The fourth-order valence-electron chi connectivity index (χ4n) is 1.34. The van der Waals surface area contributed by atoms with Crippen LogP contribution in [0.1, 0.15) is 10.1 Å². The van der Waals surface area contributed by atoms with Crippen molar-refractivity contribution in [3.63, 3.8) is 0 Å². The van der Waals surface area contributed by atoms with Crippen LogP contribution in [0.4, 0.5) is 0 Å². The van der Waals surface area contributed by atoms with Gasteiger partial charge in [-0.25, -0.2) is 0 Å². The maximum atomic E-state index is 5.20.